The van der Waals surface area contributed by atoms with Crippen molar-refractivity contribution in [3.8, 4) is 0 Å². The van der Waals surface area contributed by atoms with Gasteiger partial charge in [-0.3, -0.25) is 9.69 Å². The third-order valence-corrected chi connectivity index (χ3v) is 5.76. The standard InChI is InChI=1S/C19H26Cl2N2O/c20-12-11-19(24)23(16-9-7-15(21)8-10-16)18-6-4-5-17(18)22-13-2-1-3-14-22/h7-10,17-18H,1-6,11-14H2. The van der Waals surface area contributed by atoms with Gasteiger partial charge in [0.2, 0.25) is 5.91 Å². The average molecular weight is 369 g/mol. The molecule has 1 aliphatic carbocycles. The lowest BCUT2D eigenvalue weighted by Gasteiger charge is -2.40. The second-order valence-corrected chi connectivity index (χ2v) is 7.66. The van der Waals surface area contributed by atoms with Crippen molar-refractivity contribution >= 4 is 34.8 Å². The van der Waals surface area contributed by atoms with Crippen molar-refractivity contribution in [2.45, 2.75) is 57.0 Å². The van der Waals surface area contributed by atoms with Crippen LogP contribution in [0.1, 0.15) is 44.9 Å². The number of halogens is 2. The largest absolute Gasteiger partial charge is 0.308 e. The Morgan fingerprint density at radius 1 is 1.08 bits per heavy atom. The molecule has 0 spiro atoms. The Labute approximate surface area is 154 Å². The fourth-order valence-corrected chi connectivity index (χ4v) is 4.51. The Morgan fingerprint density at radius 2 is 1.79 bits per heavy atom. The van der Waals surface area contributed by atoms with Crippen LogP contribution in [0.2, 0.25) is 5.02 Å². The summed E-state index contributed by atoms with van der Waals surface area (Å²) in [5.74, 6) is 0.491. The number of alkyl halides is 1. The number of hydrogen-bond acceptors (Lipinski definition) is 2. The molecule has 1 aromatic rings. The summed E-state index contributed by atoms with van der Waals surface area (Å²) in [5.41, 5.74) is 0.948. The van der Waals surface area contributed by atoms with Crippen molar-refractivity contribution in [3.63, 3.8) is 0 Å². The van der Waals surface area contributed by atoms with E-state index in [4.69, 9.17) is 23.2 Å². The molecule has 2 fully saturated rings. The fraction of sp³-hybridized carbons (Fsp3) is 0.632. The molecule has 2 unspecified atom stereocenters. The Balaban J connectivity index is 1.85. The maximum Gasteiger partial charge on any atom is 0.228 e. The van der Waals surface area contributed by atoms with Crippen LogP contribution in [-0.4, -0.2) is 41.9 Å². The third kappa shape index (κ3) is 4.07. The number of nitrogens with zero attached hydrogens (tertiary/aromatic N) is 2. The highest BCUT2D eigenvalue weighted by Crippen LogP contribution is 2.34. The first-order chi connectivity index (χ1) is 11.7. The Hall–Kier alpha value is -0.770. The molecule has 3 nitrogen and oxygen atoms in total. The first kappa shape index (κ1) is 18.0. The van der Waals surface area contributed by atoms with E-state index in [-0.39, 0.29) is 11.9 Å². The Morgan fingerprint density at radius 3 is 2.46 bits per heavy atom. The second-order valence-electron chi connectivity index (χ2n) is 6.84. The summed E-state index contributed by atoms with van der Waals surface area (Å²) in [6.45, 7) is 2.33. The molecule has 5 heteroatoms. The molecule has 0 radical (unpaired) electrons. The number of anilines is 1. The van der Waals surface area contributed by atoms with E-state index >= 15 is 0 Å². The number of benzene rings is 1. The Kier molecular flexibility index (Phi) is 6.43. The van der Waals surface area contributed by atoms with Gasteiger partial charge in [-0.2, -0.15) is 0 Å². The molecule has 3 rings (SSSR count). The van der Waals surface area contributed by atoms with Gasteiger partial charge in [0.15, 0.2) is 0 Å². The van der Waals surface area contributed by atoms with E-state index in [0.29, 0.717) is 23.4 Å². The van der Waals surface area contributed by atoms with Crippen molar-refractivity contribution in [3.05, 3.63) is 29.3 Å². The fourth-order valence-electron chi connectivity index (χ4n) is 4.22. The van der Waals surface area contributed by atoms with Crippen molar-refractivity contribution < 1.29 is 4.79 Å². The number of likely N-dealkylation sites (tertiary alicyclic amines) is 1. The zero-order valence-corrected chi connectivity index (χ0v) is 15.6. The maximum atomic E-state index is 12.8. The number of amides is 1. The van der Waals surface area contributed by atoms with Gasteiger partial charge in [-0.15, -0.1) is 11.6 Å². The van der Waals surface area contributed by atoms with Gasteiger partial charge in [0.25, 0.3) is 0 Å². The van der Waals surface area contributed by atoms with Gasteiger partial charge < -0.3 is 4.90 Å². The van der Waals surface area contributed by atoms with Crippen molar-refractivity contribution in [2.75, 3.05) is 23.9 Å². The predicted molar refractivity (Wildman–Crippen MR) is 101 cm³/mol. The summed E-state index contributed by atoms with van der Waals surface area (Å²) in [6, 6.07) is 8.37. The molecule has 2 aliphatic rings. The second kappa shape index (κ2) is 8.55. The van der Waals surface area contributed by atoms with Gasteiger partial charge in [0.05, 0.1) is 6.04 Å². The molecule has 0 bridgehead atoms. The van der Waals surface area contributed by atoms with Gasteiger partial charge in [0, 0.05) is 29.1 Å². The summed E-state index contributed by atoms with van der Waals surface area (Å²) >= 11 is 11.9. The normalized spacial score (nSPS) is 24.9. The van der Waals surface area contributed by atoms with Gasteiger partial charge in [0.1, 0.15) is 0 Å². The minimum atomic E-state index is 0.126. The van der Waals surface area contributed by atoms with Gasteiger partial charge in [-0.25, -0.2) is 0 Å². The van der Waals surface area contributed by atoms with Crippen molar-refractivity contribution in [2.24, 2.45) is 0 Å². The molecule has 132 valence electrons. The lowest BCUT2D eigenvalue weighted by atomic mass is 10.0. The van der Waals surface area contributed by atoms with Crippen LogP contribution in [-0.2, 0) is 4.79 Å². The minimum absolute atomic E-state index is 0.126. The quantitative estimate of drug-likeness (QED) is 0.702. The van der Waals surface area contributed by atoms with Gasteiger partial charge in [-0.1, -0.05) is 18.0 Å². The van der Waals surface area contributed by atoms with Crippen LogP contribution in [0.15, 0.2) is 24.3 Å². The topological polar surface area (TPSA) is 23.6 Å². The smallest absolute Gasteiger partial charge is 0.228 e. The van der Waals surface area contributed by atoms with E-state index in [1.54, 1.807) is 0 Å². The molecular formula is C19H26Cl2N2O. The van der Waals surface area contributed by atoms with E-state index in [1.807, 2.05) is 29.2 Å². The molecule has 1 saturated heterocycles. The van der Waals surface area contributed by atoms with E-state index in [9.17, 15) is 4.79 Å². The Bertz CT molecular complexity index is 543. The molecule has 24 heavy (non-hydrogen) atoms. The van der Waals surface area contributed by atoms with Crippen LogP contribution in [0.3, 0.4) is 0 Å². The monoisotopic (exact) mass is 368 g/mol. The van der Waals surface area contributed by atoms with Crippen LogP contribution in [0.5, 0.6) is 0 Å². The predicted octanol–water partition coefficient (Wildman–Crippen LogP) is 4.71. The van der Waals surface area contributed by atoms with Crippen LogP contribution in [0.25, 0.3) is 0 Å². The SMILES string of the molecule is O=C(CCCl)N(c1ccc(Cl)cc1)C1CCCC1N1CCCCC1. The van der Waals surface area contributed by atoms with E-state index < -0.39 is 0 Å². The number of piperidine rings is 1. The number of hydrogen-bond donors (Lipinski definition) is 0. The van der Waals surface area contributed by atoms with Crippen LogP contribution in [0, 0.1) is 0 Å². The third-order valence-electron chi connectivity index (χ3n) is 5.32. The average Bonchev–Trinajstić information content (AvgIpc) is 3.07. The highest BCUT2D eigenvalue weighted by Gasteiger charge is 2.38. The summed E-state index contributed by atoms with van der Waals surface area (Å²) in [5, 5.41) is 0.697. The molecule has 1 saturated carbocycles. The summed E-state index contributed by atoms with van der Waals surface area (Å²) in [7, 11) is 0. The van der Waals surface area contributed by atoms with Crippen molar-refractivity contribution in [1.29, 1.82) is 0 Å². The molecule has 1 aliphatic heterocycles. The minimum Gasteiger partial charge on any atom is -0.308 e. The zero-order chi connectivity index (χ0) is 16.9. The molecule has 1 heterocycles. The summed E-state index contributed by atoms with van der Waals surface area (Å²) in [6.07, 6.45) is 7.71. The molecule has 1 amide bonds. The van der Waals surface area contributed by atoms with Crippen LogP contribution < -0.4 is 4.90 Å². The van der Waals surface area contributed by atoms with Gasteiger partial charge >= 0.3 is 0 Å². The summed E-state index contributed by atoms with van der Waals surface area (Å²) in [4.78, 5) is 17.4. The lowest BCUT2D eigenvalue weighted by molar-refractivity contribution is -0.119. The molecule has 1 aromatic carbocycles. The number of carbonyl (C=O) groups excluding carboxylic acids is 1. The van der Waals surface area contributed by atoms with Crippen LogP contribution in [0.4, 0.5) is 5.69 Å². The highest BCUT2D eigenvalue weighted by molar-refractivity contribution is 6.30. The molecule has 0 aromatic heterocycles. The van der Waals surface area contributed by atoms with Crippen molar-refractivity contribution in [1.82, 2.24) is 4.90 Å². The van der Waals surface area contributed by atoms with E-state index in [2.05, 4.69) is 4.90 Å². The number of carbonyl (C=O) groups is 1. The van der Waals surface area contributed by atoms with E-state index in [0.717, 1.165) is 12.1 Å². The molecule has 0 N–H and O–H groups in total. The van der Waals surface area contributed by atoms with E-state index in [1.165, 1.54) is 45.2 Å². The highest BCUT2D eigenvalue weighted by atomic mass is 35.5. The summed E-state index contributed by atoms with van der Waals surface area (Å²) < 4.78 is 0. The van der Waals surface area contributed by atoms with Crippen LogP contribution >= 0.6 is 23.2 Å². The zero-order valence-electron chi connectivity index (χ0n) is 14.1. The molecule has 2 atom stereocenters. The number of rotatable bonds is 5. The van der Waals surface area contributed by atoms with Gasteiger partial charge in [-0.05, 0) is 69.5 Å². The first-order valence-electron chi connectivity index (χ1n) is 9.08. The maximum absolute atomic E-state index is 12.8. The lowest BCUT2D eigenvalue weighted by Crippen LogP contribution is -2.52. The molecular weight excluding hydrogens is 343 g/mol. The first-order valence-corrected chi connectivity index (χ1v) is 9.99.